The standard InChI is InChI=1S/C27H41N5O5/c1-6-29-24(34)26(4,5)7-8-32-23(36-15-16(2)3)20(14-30-32)22(33)31-21-18-9-17-10-19(21)13-27(11-17,12-18)37-25(28)35/h7-8,14,16-19,21H,6,9-13,15H2,1-5H3,(H2,28,35)(H,29,34)(H,31,33)/b8-7+. The molecule has 0 saturated heterocycles. The predicted molar refractivity (Wildman–Crippen MR) is 139 cm³/mol. The van der Waals surface area contributed by atoms with Crippen LogP contribution in [0, 0.1) is 29.1 Å². The van der Waals surface area contributed by atoms with Crippen LogP contribution in [0.5, 0.6) is 5.88 Å². The van der Waals surface area contributed by atoms with Crippen molar-refractivity contribution in [3.8, 4) is 5.88 Å². The zero-order chi connectivity index (χ0) is 27.0. The van der Waals surface area contributed by atoms with Crippen LogP contribution in [0.1, 0.15) is 77.1 Å². The van der Waals surface area contributed by atoms with Crippen LogP contribution >= 0.6 is 0 Å². The summed E-state index contributed by atoms with van der Waals surface area (Å²) in [6.45, 7) is 10.6. The molecule has 37 heavy (non-hydrogen) atoms. The van der Waals surface area contributed by atoms with Crippen molar-refractivity contribution in [3.63, 3.8) is 0 Å². The van der Waals surface area contributed by atoms with E-state index in [0.29, 0.717) is 30.5 Å². The second kappa shape index (κ2) is 10.4. The molecule has 4 N–H and O–H groups in total. The molecule has 10 nitrogen and oxygen atoms in total. The number of carbonyl (C=O) groups excluding carboxylic acids is 3. The minimum Gasteiger partial charge on any atom is -0.477 e. The number of hydrogen-bond acceptors (Lipinski definition) is 6. The van der Waals surface area contributed by atoms with Gasteiger partial charge in [-0.1, -0.05) is 19.9 Å². The van der Waals surface area contributed by atoms with Crippen LogP contribution in [0.3, 0.4) is 0 Å². The maximum atomic E-state index is 13.5. The molecule has 1 aromatic rings. The molecule has 2 atom stereocenters. The van der Waals surface area contributed by atoms with Gasteiger partial charge in [-0.3, -0.25) is 9.59 Å². The number of hydrogen-bond donors (Lipinski definition) is 3. The van der Waals surface area contributed by atoms with E-state index in [2.05, 4.69) is 15.7 Å². The number of aromatic nitrogens is 2. The van der Waals surface area contributed by atoms with Crippen molar-refractivity contribution < 1.29 is 23.9 Å². The Balaban J connectivity index is 1.52. The molecule has 1 heterocycles. The molecule has 0 radical (unpaired) electrons. The summed E-state index contributed by atoms with van der Waals surface area (Å²) in [4.78, 5) is 37.5. The Hall–Kier alpha value is -3.04. The number of nitrogens with two attached hydrogens (primary N) is 1. The molecule has 10 heteroatoms. The summed E-state index contributed by atoms with van der Waals surface area (Å²) in [7, 11) is 0. The normalized spacial score (nSPS) is 28.5. The highest BCUT2D eigenvalue weighted by molar-refractivity contribution is 5.96. The third-order valence-electron chi connectivity index (χ3n) is 7.93. The van der Waals surface area contributed by atoms with E-state index < -0.39 is 17.1 Å². The van der Waals surface area contributed by atoms with Crippen molar-refractivity contribution in [2.45, 2.75) is 78.4 Å². The first kappa shape index (κ1) is 27.0. The number of nitrogens with one attached hydrogen (secondary N) is 2. The van der Waals surface area contributed by atoms with E-state index >= 15 is 0 Å². The number of amides is 3. The molecule has 5 rings (SSSR count). The Kier molecular flexibility index (Phi) is 7.57. The smallest absolute Gasteiger partial charge is 0.405 e. The van der Waals surface area contributed by atoms with E-state index in [1.165, 1.54) is 10.9 Å². The fourth-order valence-electron chi connectivity index (χ4n) is 6.48. The highest BCUT2D eigenvalue weighted by Gasteiger charge is 2.57. The summed E-state index contributed by atoms with van der Waals surface area (Å²) in [5, 5.41) is 10.5. The van der Waals surface area contributed by atoms with Crippen LogP contribution in [0.25, 0.3) is 6.20 Å². The van der Waals surface area contributed by atoms with Crippen LogP contribution in [0.15, 0.2) is 12.3 Å². The summed E-state index contributed by atoms with van der Waals surface area (Å²) in [5.74, 6) is 1.25. The Morgan fingerprint density at radius 3 is 2.51 bits per heavy atom. The number of ether oxygens (including phenoxy) is 2. The maximum Gasteiger partial charge on any atom is 0.405 e. The van der Waals surface area contributed by atoms with E-state index in [9.17, 15) is 14.4 Å². The topological polar surface area (TPSA) is 138 Å². The molecule has 4 aliphatic rings. The van der Waals surface area contributed by atoms with Gasteiger partial charge in [0.1, 0.15) is 11.2 Å². The Bertz CT molecular complexity index is 1050. The number of nitrogens with zero attached hydrogens (tertiary/aromatic N) is 2. The lowest BCUT2D eigenvalue weighted by Gasteiger charge is -2.58. The summed E-state index contributed by atoms with van der Waals surface area (Å²) >= 11 is 0. The minimum atomic E-state index is -0.761. The molecule has 1 aromatic heterocycles. The minimum absolute atomic E-state index is 0.00201. The third kappa shape index (κ3) is 5.78. The van der Waals surface area contributed by atoms with Gasteiger partial charge in [-0.25, -0.2) is 9.48 Å². The van der Waals surface area contributed by atoms with Gasteiger partial charge < -0.3 is 25.8 Å². The SMILES string of the molecule is CCNC(=O)C(C)(C)/C=C/n1ncc(C(=O)NC2C3CC4CC2CC(OC(N)=O)(C4)C3)c1OCC(C)C. The molecular weight excluding hydrogens is 474 g/mol. The Morgan fingerprint density at radius 2 is 1.92 bits per heavy atom. The first-order chi connectivity index (χ1) is 17.4. The van der Waals surface area contributed by atoms with E-state index in [1.54, 1.807) is 12.3 Å². The lowest BCUT2D eigenvalue weighted by molar-refractivity contribution is -0.137. The van der Waals surface area contributed by atoms with Crippen molar-refractivity contribution >= 4 is 24.1 Å². The van der Waals surface area contributed by atoms with Gasteiger partial charge in [-0.2, -0.15) is 5.10 Å². The van der Waals surface area contributed by atoms with Gasteiger partial charge in [0.2, 0.25) is 11.8 Å². The summed E-state index contributed by atoms with van der Waals surface area (Å²) in [5.41, 5.74) is 4.49. The van der Waals surface area contributed by atoms with E-state index in [0.717, 1.165) is 32.1 Å². The fourth-order valence-corrected chi connectivity index (χ4v) is 6.48. The molecule has 4 fully saturated rings. The molecule has 0 spiro atoms. The molecule has 4 bridgehead atoms. The number of rotatable bonds is 10. The van der Waals surface area contributed by atoms with Crippen molar-refractivity contribution in [2.75, 3.05) is 13.2 Å². The molecule has 2 unspecified atom stereocenters. The van der Waals surface area contributed by atoms with Gasteiger partial charge in [0.05, 0.1) is 18.2 Å². The largest absolute Gasteiger partial charge is 0.477 e. The molecule has 0 aromatic carbocycles. The quantitative estimate of drug-likeness (QED) is 0.437. The molecule has 3 amide bonds. The number of carbonyl (C=O) groups is 3. The second-order valence-electron chi connectivity index (χ2n) is 12.0. The van der Waals surface area contributed by atoms with E-state index in [1.807, 2.05) is 34.6 Å². The van der Waals surface area contributed by atoms with Gasteiger partial charge in [0.15, 0.2) is 0 Å². The van der Waals surface area contributed by atoms with Gasteiger partial charge in [-0.05, 0) is 76.5 Å². The maximum absolute atomic E-state index is 13.5. The average molecular weight is 516 g/mol. The van der Waals surface area contributed by atoms with E-state index in [4.69, 9.17) is 15.2 Å². The van der Waals surface area contributed by atoms with Crippen LogP contribution in [0.4, 0.5) is 4.79 Å². The molecule has 4 saturated carbocycles. The molecule has 204 valence electrons. The monoisotopic (exact) mass is 515 g/mol. The second-order valence-corrected chi connectivity index (χ2v) is 12.0. The molecule has 0 aliphatic heterocycles. The summed E-state index contributed by atoms with van der Waals surface area (Å²) in [6, 6.07) is 0.00201. The van der Waals surface area contributed by atoms with Crippen molar-refractivity contribution in [3.05, 3.63) is 17.8 Å². The van der Waals surface area contributed by atoms with Crippen LogP contribution in [0.2, 0.25) is 0 Å². The van der Waals surface area contributed by atoms with Gasteiger partial charge >= 0.3 is 6.09 Å². The third-order valence-corrected chi connectivity index (χ3v) is 7.93. The summed E-state index contributed by atoms with van der Waals surface area (Å²) < 4.78 is 13.2. The van der Waals surface area contributed by atoms with Crippen LogP contribution in [-0.4, -0.2) is 52.5 Å². The summed E-state index contributed by atoms with van der Waals surface area (Å²) in [6.07, 6.45) is 8.57. The average Bonchev–Trinajstić information content (AvgIpc) is 3.20. The lowest BCUT2D eigenvalue weighted by Crippen LogP contribution is -2.63. The van der Waals surface area contributed by atoms with Gasteiger partial charge in [0, 0.05) is 18.8 Å². The van der Waals surface area contributed by atoms with Crippen LogP contribution < -0.4 is 21.1 Å². The van der Waals surface area contributed by atoms with Crippen molar-refractivity contribution in [2.24, 2.45) is 34.8 Å². The van der Waals surface area contributed by atoms with Crippen molar-refractivity contribution in [1.82, 2.24) is 20.4 Å². The first-order valence-corrected chi connectivity index (χ1v) is 13.4. The predicted octanol–water partition coefficient (Wildman–Crippen LogP) is 3.32. The highest BCUT2D eigenvalue weighted by atomic mass is 16.6. The lowest BCUT2D eigenvalue weighted by atomic mass is 9.52. The molecular formula is C27H41N5O5. The van der Waals surface area contributed by atoms with Gasteiger partial charge in [0.25, 0.3) is 5.91 Å². The molecule has 4 aliphatic carbocycles. The fraction of sp³-hybridized carbons (Fsp3) is 0.704. The van der Waals surface area contributed by atoms with Crippen molar-refractivity contribution in [1.29, 1.82) is 0 Å². The Labute approximate surface area is 218 Å². The van der Waals surface area contributed by atoms with E-state index in [-0.39, 0.29) is 35.6 Å². The Morgan fingerprint density at radius 1 is 1.24 bits per heavy atom. The first-order valence-electron chi connectivity index (χ1n) is 13.4. The van der Waals surface area contributed by atoms with Crippen LogP contribution in [-0.2, 0) is 9.53 Å². The number of primary amides is 1. The highest BCUT2D eigenvalue weighted by Crippen LogP contribution is 2.57. The van der Waals surface area contributed by atoms with Gasteiger partial charge in [-0.15, -0.1) is 0 Å². The zero-order valence-electron chi connectivity index (χ0n) is 22.6. The zero-order valence-corrected chi connectivity index (χ0v) is 22.6.